The zero-order chi connectivity index (χ0) is 12.3. The molecular formula is C11H10BrClO3. The maximum Gasteiger partial charge on any atom is 0.336 e. The topological polar surface area (TPSA) is 54.4 Å². The van der Waals surface area contributed by atoms with Gasteiger partial charge in [0.15, 0.2) is 5.78 Å². The van der Waals surface area contributed by atoms with Crippen molar-refractivity contribution >= 4 is 39.3 Å². The first-order valence-electron chi connectivity index (χ1n) is 4.57. The average Bonchev–Trinajstić information content (AvgIpc) is 2.26. The van der Waals surface area contributed by atoms with Crippen LogP contribution in [0.4, 0.5) is 0 Å². The van der Waals surface area contributed by atoms with Crippen molar-refractivity contribution in [2.75, 3.05) is 0 Å². The Balaban J connectivity index is 3.31. The number of Topliss-reactive ketones (excluding diaryl/α,β-unsaturated/α-hetero) is 1. The first-order valence-corrected chi connectivity index (χ1v) is 6.03. The Labute approximate surface area is 107 Å². The molecule has 1 atom stereocenters. The second-order valence-electron chi connectivity index (χ2n) is 3.30. The van der Waals surface area contributed by atoms with Gasteiger partial charge in [0.25, 0.3) is 0 Å². The van der Waals surface area contributed by atoms with Gasteiger partial charge in [-0.15, -0.1) is 11.6 Å². The fraction of sp³-hybridized carbons (Fsp3) is 0.273. The van der Waals surface area contributed by atoms with Crippen molar-refractivity contribution in [3.8, 4) is 0 Å². The Hall–Kier alpha value is -0.870. The number of hydrogen-bond acceptors (Lipinski definition) is 2. The van der Waals surface area contributed by atoms with E-state index in [1.165, 1.54) is 12.1 Å². The van der Waals surface area contributed by atoms with Crippen molar-refractivity contribution in [3.05, 3.63) is 34.9 Å². The molecule has 0 saturated carbocycles. The van der Waals surface area contributed by atoms with Gasteiger partial charge in [0.05, 0.1) is 10.4 Å². The fourth-order valence-corrected chi connectivity index (χ4v) is 1.69. The van der Waals surface area contributed by atoms with Crippen molar-refractivity contribution < 1.29 is 14.7 Å². The zero-order valence-electron chi connectivity index (χ0n) is 8.54. The summed E-state index contributed by atoms with van der Waals surface area (Å²) in [6.07, 6.45) is 0. The molecule has 3 nitrogen and oxygen atoms in total. The van der Waals surface area contributed by atoms with Crippen LogP contribution in [0.5, 0.6) is 0 Å². The molecule has 0 aliphatic heterocycles. The van der Waals surface area contributed by atoms with Crippen LogP contribution in [-0.4, -0.2) is 21.7 Å². The minimum atomic E-state index is -1.11. The summed E-state index contributed by atoms with van der Waals surface area (Å²) in [5.41, 5.74) is 0.920. The van der Waals surface area contributed by atoms with Gasteiger partial charge in [0, 0.05) is 11.4 Å². The standard InChI is InChI=1S/C11H10BrClO3/c1-6(12)10(14)9-4-7(5-13)2-3-8(9)11(15)16/h2-4,6H,5H2,1H3,(H,15,16). The van der Waals surface area contributed by atoms with Crippen molar-refractivity contribution in [3.63, 3.8) is 0 Å². The number of alkyl halides is 2. The minimum absolute atomic E-state index is 0.00478. The van der Waals surface area contributed by atoms with Crippen LogP contribution < -0.4 is 0 Å². The molecule has 0 spiro atoms. The van der Waals surface area contributed by atoms with Crippen LogP contribution in [0, 0.1) is 0 Å². The lowest BCUT2D eigenvalue weighted by Gasteiger charge is -2.08. The number of benzene rings is 1. The van der Waals surface area contributed by atoms with E-state index in [9.17, 15) is 9.59 Å². The molecule has 0 amide bonds. The molecule has 0 aliphatic carbocycles. The molecule has 1 N–H and O–H groups in total. The number of rotatable bonds is 4. The monoisotopic (exact) mass is 304 g/mol. The highest BCUT2D eigenvalue weighted by Gasteiger charge is 2.20. The lowest BCUT2D eigenvalue weighted by molar-refractivity contribution is 0.0692. The summed E-state index contributed by atoms with van der Waals surface area (Å²) >= 11 is 8.78. The molecule has 1 aromatic rings. The third kappa shape index (κ3) is 2.83. The summed E-state index contributed by atoms with van der Waals surface area (Å²) in [4.78, 5) is 22.3. The molecule has 16 heavy (non-hydrogen) atoms. The summed E-state index contributed by atoms with van der Waals surface area (Å²) in [7, 11) is 0. The van der Waals surface area contributed by atoms with E-state index in [1.54, 1.807) is 13.0 Å². The van der Waals surface area contributed by atoms with Crippen LogP contribution in [0.25, 0.3) is 0 Å². The van der Waals surface area contributed by atoms with E-state index in [4.69, 9.17) is 16.7 Å². The highest BCUT2D eigenvalue weighted by molar-refractivity contribution is 9.10. The number of carboxylic acids is 1. The van der Waals surface area contributed by atoms with Gasteiger partial charge in [-0.3, -0.25) is 4.79 Å². The Morgan fingerprint density at radius 2 is 2.06 bits per heavy atom. The van der Waals surface area contributed by atoms with E-state index >= 15 is 0 Å². The van der Waals surface area contributed by atoms with Crippen LogP contribution in [0.15, 0.2) is 18.2 Å². The van der Waals surface area contributed by atoms with Crippen LogP contribution in [-0.2, 0) is 5.88 Å². The van der Waals surface area contributed by atoms with Crippen molar-refractivity contribution in [2.45, 2.75) is 17.6 Å². The Bertz CT molecular complexity index is 429. The molecule has 0 aromatic heterocycles. The van der Waals surface area contributed by atoms with Gasteiger partial charge >= 0.3 is 5.97 Å². The number of carbonyl (C=O) groups is 2. The maximum atomic E-state index is 11.8. The molecule has 1 unspecified atom stereocenters. The first kappa shape index (κ1) is 13.2. The third-order valence-electron chi connectivity index (χ3n) is 2.10. The molecule has 0 bridgehead atoms. The van der Waals surface area contributed by atoms with Gasteiger partial charge in [-0.05, 0) is 24.6 Å². The Morgan fingerprint density at radius 3 is 2.50 bits per heavy atom. The van der Waals surface area contributed by atoms with Gasteiger partial charge < -0.3 is 5.11 Å². The predicted octanol–water partition coefficient (Wildman–Crippen LogP) is 3.09. The van der Waals surface area contributed by atoms with Crippen molar-refractivity contribution in [2.24, 2.45) is 0 Å². The van der Waals surface area contributed by atoms with Crippen LogP contribution in [0.3, 0.4) is 0 Å². The van der Waals surface area contributed by atoms with Crippen LogP contribution >= 0.6 is 27.5 Å². The van der Waals surface area contributed by atoms with Gasteiger partial charge in [0.1, 0.15) is 0 Å². The number of ketones is 1. The molecule has 1 rings (SSSR count). The van der Waals surface area contributed by atoms with Crippen molar-refractivity contribution in [1.82, 2.24) is 0 Å². The van der Waals surface area contributed by atoms with Crippen molar-refractivity contribution in [1.29, 1.82) is 0 Å². The smallest absolute Gasteiger partial charge is 0.336 e. The number of hydrogen-bond donors (Lipinski definition) is 1. The summed E-state index contributed by atoms with van der Waals surface area (Å²) in [5, 5.41) is 8.96. The summed E-state index contributed by atoms with van der Waals surface area (Å²) < 4.78 is 0. The van der Waals surface area contributed by atoms with E-state index in [0.717, 1.165) is 5.56 Å². The molecular weight excluding hydrogens is 295 g/mol. The van der Waals surface area contributed by atoms with Gasteiger partial charge in [-0.25, -0.2) is 4.79 Å². The third-order valence-corrected chi connectivity index (χ3v) is 2.82. The highest BCUT2D eigenvalue weighted by atomic mass is 79.9. The molecule has 1 aromatic carbocycles. The molecule has 0 fully saturated rings. The second kappa shape index (κ2) is 5.46. The van der Waals surface area contributed by atoms with Gasteiger partial charge in [0.2, 0.25) is 0 Å². The molecule has 5 heteroatoms. The second-order valence-corrected chi connectivity index (χ2v) is 4.94. The SMILES string of the molecule is CC(Br)C(=O)c1cc(CCl)ccc1C(=O)O. The van der Waals surface area contributed by atoms with Gasteiger partial charge in [-0.2, -0.15) is 0 Å². The quantitative estimate of drug-likeness (QED) is 0.687. The average molecular weight is 306 g/mol. The number of halogens is 2. The molecule has 86 valence electrons. The van der Waals surface area contributed by atoms with Crippen LogP contribution in [0.1, 0.15) is 33.2 Å². The predicted molar refractivity (Wildman–Crippen MR) is 65.7 cm³/mol. The number of aromatic carboxylic acids is 1. The number of carbonyl (C=O) groups excluding carboxylic acids is 1. The summed E-state index contributed by atoms with van der Waals surface area (Å²) in [6.45, 7) is 1.65. The number of carboxylic acid groups (broad SMARTS) is 1. The van der Waals surface area contributed by atoms with Crippen LogP contribution in [0.2, 0.25) is 0 Å². The van der Waals surface area contributed by atoms with E-state index in [-0.39, 0.29) is 22.8 Å². The van der Waals surface area contributed by atoms with Gasteiger partial charge in [-0.1, -0.05) is 22.0 Å². The summed E-state index contributed by atoms with van der Waals surface area (Å²) in [6, 6.07) is 4.53. The maximum absolute atomic E-state index is 11.8. The van der Waals surface area contributed by atoms with E-state index in [0.29, 0.717) is 0 Å². The van der Waals surface area contributed by atoms with E-state index < -0.39 is 10.8 Å². The largest absolute Gasteiger partial charge is 0.478 e. The lowest BCUT2D eigenvalue weighted by Crippen LogP contribution is -2.15. The fourth-order valence-electron chi connectivity index (χ4n) is 1.28. The molecule has 0 saturated heterocycles. The van der Waals surface area contributed by atoms with E-state index in [1.807, 2.05) is 0 Å². The lowest BCUT2D eigenvalue weighted by atomic mass is 9.99. The first-order chi connectivity index (χ1) is 7.47. The Morgan fingerprint density at radius 1 is 1.44 bits per heavy atom. The zero-order valence-corrected chi connectivity index (χ0v) is 10.9. The summed E-state index contributed by atoms with van der Waals surface area (Å²) in [5.74, 6) is -1.13. The highest BCUT2D eigenvalue weighted by Crippen LogP contribution is 2.18. The molecule has 0 heterocycles. The molecule has 0 aliphatic rings. The minimum Gasteiger partial charge on any atom is -0.478 e. The van der Waals surface area contributed by atoms with E-state index in [2.05, 4.69) is 15.9 Å². The normalized spacial score (nSPS) is 12.2. The molecule has 0 radical (unpaired) electrons. The Kier molecular flexibility index (Phi) is 4.50.